The van der Waals surface area contributed by atoms with E-state index in [1.807, 2.05) is 0 Å². The van der Waals surface area contributed by atoms with Gasteiger partial charge in [-0.3, -0.25) is 10.1 Å². The number of nitrogens with one attached hydrogen (secondary N) is 1. The number of carboxylic acids is 1. The number of rotatable bonds is 7. The number of carbonyl (C=O) groups is 1. The Morgan fingerprint density at radius 3 is 2.53 bits per heavy atom. The van der Waals surface area contributed by atoms with Crippen molar-refractivity contribution in [3.8, 4) is 0 Å². The molecule has 3 aromatic rings. The van der Waals surface area contributed by atoms with E-state index in [1.165, 1.54) is 30.0 Å². The molecule has 0 aliphatic carbocycles. The number of hydrogen-bond donors (Lipinski definition) is 2. The second kappa shape index (κ2) is 9.70. The Bertz CT molecular complexity index is 1140. The lowest BCUT2D eigenvalue weighted by atomic mass is 10.1. The molecule has 0 unspecified atom stereocenters. The van der Waals surface area contributed by atoms with Crippen molar-refractivity contribution in [3.63, 3.8) is 0 Å². The highest BCUT2D eigenvalue weighted by Gasteiger charge is 2.17. The molecule has 30 heavy (non-hydrogen) atoms. The second-order valence-corrected chi connectivity index (χ2v) is 8.87. The summed E-state index contributed by atoms with van der Waals surface area (Å²) in [6, 6.07) is 14.6. The predicted octanol–water partition coefficient (Wildman–Crippen LogP) is 7.13. The van der Waals surface area contributed by atoms with Crippen LogP contribution >= 0.6 is 50.9 Å². The number of nitro groups is 1. The topological polar surface area (TPSA) is 92.5 Å². The lowest BCUT2D eigenvalue weighted by Crippen LogP contribution is -2.03. The molecule has 0 saturated carbocycles. The summed E-state index contributed by atoms with van der Waals surface area (Å²) in [5.41, 5.74) is 1.35. The first kappa shape index (κ1) is 22.4. The number of hydrogen-bond acceptors (Lipinski definition) is 5. The van der Waals surface area contributed by atoms with Crippen LogP contribution in [0.15, 0.2) is 68.9 Å². The van der Waals surface area contributed by atoms with Gasteiger partial charge in [0, 0.05) is 27.7 Å². The summed E-state index contributed by atoms with van der Waals surface area (Å²) in [5.74, 6) is -1.04. The van der Waals surface area contributed by atoms with Crippen LogP contribution in [0, 0.1) is 10.1 Å². The summed E-state index contributed by atoms with van der Waals surface area (Å²) in [7, 11) is 0. The molecule has 0 bridgehead atoms. The number of nitro benzene ring substituents is 1. The molecule has 0 saturated heterocycles. The van der Waals surface area contributed by atoms with Crippen LogP contribution in [0.1, 0.15) is 15.9 Å². The van der Waals surface area contributed by atoms with Gasteiger partial charge in [-0.05, 0) is 64.0 Å². The van der Waals surface area contributed by atoms with Crippen LogP contribution in [0.25, 0.3) is 0 Å². The van der Waals surface area contributed by atoms with Gasteiger partial charge in [0.05, 0.1) is 25.4 Å². The van der Waals surface area contributed by atoms with E-state index in [1.54, 1.807) is 36.4 Å². The minimum atomic E-state index is -1.04. The number of carboxylic acid groups (broad SMARTS) is 1. The molecule has 3 aromatic carbocycles. The molecule has 0 fully saturated rings. The summed E-state index contributed by atoms with van der Waals surface area (Å²) in [6.45, 7) is 0.278. The van der Waals surface area contributed by atoms with Gasteiger partial charge in [-0.15, -0.1) is 0 Å². The van der Waals surface area contributed by atoms with E-state index < -0.39 is 10.9 Å². The summed E-state index contributed by atoms with van der Waals surface area (Å²) in [4.78, 5) is 23.5. The van der Waals surface area contributed by atoms with Crippen LogP contribution in [0.5, 0.6) is 0 Å². The zero-order valence-corrected chi connectivity index (χ0v) is 19.0. The fourth-order valence-electron chi connectivity index (χ4n) is 2.56. The molecule has 0 heterocycles. The molecule has 0 amide bonds. The molecule has 0 spiro atoms. The van der Waals surface area contributed by atoms with Crippen molar-refractivity contribution >= 4 is 68.2 Å². The maximum Gasteiger partial charge on any atom is 0.335 e. The minimum Gasteiger partial charge on any atom is -0.478 e. The minimum absolute atomic E-state index is 0.0382. The number of nitrogens with zero attached hydrogens (tertiary/aromatic N) is 1. The summed E-state index contributed by atoms with van der Waals surface area (Å²) >= 11 is 16.5. The maximum atomic E-state index is 11.6. The molecule has 0 atom stereocenters. The second-order valence-electron chi connectivity index (χ2n) is 6.09. The molecule has 0 radical (unpaired) electrons. The van der Waals surface area contributed by atoms with Crippen LogP contribution in [-0.4, -0.2) is 16.0 Å². The molecule has 10 heteroatoms. The van der Waals surface area contributed by atoms with Gasteiger partial charge in [-0.1, -0.05) is 41.0 Å². The zero-order chi connectivity index (χ0) is 21.8. The monoisotopic (exact) mass is 526 g/mol. The van der Waals surface area contributed by atoms with Gasteiger partial charge in [0.25, 0.3) is 5.69 Å². The van der Waals surface area contributed by atoms with Gasteiger partial charge in [-0.2, -0.15) is 0 Å². The van der Waals surface area contributed by atoms with Crippen LogP contribution in [-0.2, 0) is 6.54 Å². The smallest absolute Gasteiger partial charge is 0.335 e. The highest BCUT2D eigenvalue weighted by Crippen LogP contribution is 2.37. The van der Waals surface area contributed by atoms with Crippen molar-refractivity contribution in [2.45, 2.75) is 16.3 Å². The Hall–Kier alpha value is -2.26. The fraction of sp³-hybridized carbons (Fsp3) is 0.0500. The highest BCUT2D eigenvalue weighted by molar-refractivity contribution is 9.10. The Morgan fingerprint density at radius 2 is 1.87 bits per heavy atom. The third-order valence-electron chi connectivity index (χ3n) is 4.04. The molecule has 0 aliphatic heterocycles. The summed E-state index contributed by atoms with van der Waals surface area (Å²) < 4.78 is 0.689. The summed E-state index contributed by atoms with van der Waals surface area (Å²) in [6.07, 6.45) is 0. The quantitative estimate of drug-likeness (QED) is 0.251. The first-order valence-corrected chi connectivity index (χ1v) is 10.8. The SMILES string of the molecule is O=C(O)c1ccc(Br)c(NCc2ccc(Sc3ccc(Cl)c(Cl)c3)c([N+](=O)[O-])c2)c1. The average molecular weight is 528 g/mol. The van der Waals surface area contributed by atoms with Crippen LogP contribution in [0.3, 0.4) is 0 Å². The highest BCUT2D eigenvalue weighted by atomic mass is 79.9. The largest absolute Gasteiger partial charge is 0.478 e. The van der Waals surface area contributed by atoms with E-state index in [0.717, 1.165) is 4.90 Å². The van der Waals surface area contributed by atoms with E-state index in [0.29, 0.717) is 30.7 Å². The third-order valence-corrected chi connectivity index (χ3v) is 6.52. The van der Waals surface area contributed by atoms with Crippen molar-refractivity contribution in [2.75, 3.05) is 5.32 Å². The number of anilines is 1. The van der Waals surface area contributed by atoms with E-state index >= 15 is 0 Å². The molecule has 154 valence electrons. The number of aromatic carboxylic acids is 1. The van der Waals surface area contributed by atoms with E-state index in [2.05, 4.69) is 21.2 Å². The van der Waals surface area contributed by atoms with Crippen molar-refractivity contribution in [3.05, 3.63) is 90.4 Å². The lowest BCUT2D eigenvalue weighted by Gasteiger charge is -2.11. The Labute approximate surface area is 194 Å². The van der Waals surface area contributed by atoms with Crippen LogP contribution < -0.4 is 5.32 Å². The lowest BCUT2D eigenvalue weighted by molar-refractivity contribution is -0.387. The van der Waals surface area contributed by atoms with Crippen molar-refractivity contribution in [1.82, 2.24) is 0 Å². The first-order valence-electron chi connectivity index (χ1n) is 8.41. The molecular formula is C20H13BrCl2N2O4S. The van der Waals surface area contributed by atoms with Gasteiger partial charge in [0.1, 0.15) is 0 Å². The molecule has 0 aliphatic rings. The standard InChI is InChI=1S/C20H13BrCl2N2O4S/c21-14-4-2-12(20(26)27)8-17(14)24-10-11-1-6-19(18(7-11)25(28)29)30-13-3-5-15(22)16(23)9-13/h1-9,24H,10H2,(H,26,27). The van der Waals surface area contributed by atoms with E-state index in [9.17, 15) is 14.9 Å². The van der Waals surface area contributed by atoms with Crippen molar-refractivity contribution in [1.29, 1.82) is 0 Å². The van der Waals surface area contributed by atoms with Crippen LogP contribution in [0.4, 0.5) is 11.4 Å². The molecular weight excluding hydrogens is 515 g/mol. The summed E-state index contributed by atoms with van der Waals surface area (Å²) in [5, 5.41) is 24.6. The molecule has 3 rings (SSSR count). The Kier molecular flexibility index (Phi) is 7.25. The number of halogens is 3. The molecule has 6 nitrogen and oxygen atoms in total. The first-order chi connectivity index (χ1) is 14.2. The maximum absolute atomic E-state index is 11.6. The van der Waals surface area contributed by atoms with E-state index in [-0.39, 0.29) is 17.8 Å². The average Bonchev–Trinajstić information content (AvgIpc) is 2.70. The van der Waals surface area contributed by atoms with Gasteiger partial charge in [-0.25, -0.2) is 4.79 Å². The normalized spacial score (nSPS) is 10.6. The van der Waals surface area contributed by atoms with Gasteiger partial charge < -0.3 is 10.4 Å². The Morgan fingerprint density at radius 1 is 1.10 bits per heavy atom. The molecule has 2 N–H and O–H groups in total. The predicted molar refractivity (Wildman–Crippen MR) is 122 cm³/mol. The zero-order valence-electron chi connectivity index (χ0n) is 15.1. The van der Waals surface area contributed by atoms with Gasteiger partial charge in [0.2, 0.25) is 0 Å². The van der Waals surface area contributed by atoms with Crippen molar-refractivity contribution < 1.29 is 14.8 Å². The fourth-order valence-corrected chi connectivity index (χ4v) is 4.25. The van der Waals surface area contributed by atoms with Crippen LogP contribution in [0.2, 0.25) is 10.0 Å². The Balaban J connectivity index is 1.81. The van der Waals surface area contributed by atoms with Crippen molar-refractivity contribution in [2.24, 2.45) is 0 Å². The molecule has 0 aromatic heterocycles. The number of benzene rings is 3. The van der Waals surface area contributed by atoms with Gasteiger partial charge >= 0.3 is 5.97 Å². The van der Waals surface area contributed by atoms with E-state index in [4.69, 9.17) is 28.3 Å². The van der Waals surface area contributed by atoms with Gasteiger partial charge in [0.15, 0.2) is 0 Å². The third kappa shape index (κ3) is 5.46.